The molecule has 1 saturated heterocycles. The Morgan fingerprint density at radius 2 is 2.42 bits per heavy atom. The van der Waals surface area contributed by atoms with Crippen LogP contribution in [0.2, 0.25) is 0 Å². The predicted octanol–water partition coefficient (Wildman–Crippen LogP) is 2.05. The summed E-state index contributed by atoms with van der Waals surface area (Å²) in [5, 5.41) is 3.47. The normalized spacial score (nSPS) is 20.2. The number of oxazole rings is 1. The molecule has 1 atom stereocenters. The van der Waals surface area contributed by atoms with Crippen molar-refractivity contribution in [2.75, 3.05) is 26.7 Å². The van der Waals surface area contributed by atoms with Gasteiger partial charge in [-0.1, -0.05) is 6.07 Å². The number of nitrogens with zero attached hydrogens (tertiary/aromatic N) is 2. The summed E-state index contributed by atoms with van der Waals surface area (Å²) >= 11 is 0. The van der Waals surface area contributed by atoms with E-state index >= 15 is 0 Å². The van der Waals surface area contributed by atoms with Crippen LogP contribution in [0.1, 0.15) is 18.4 Å². The molecule has 4 nitrogen and oxygen atoms in total. The Morgan fingerprint density at radius 1 is 1.47 bits per heavy atom. The van der Waals surface area contributed by atoms with Gasteiger partial charge < -0.3 is 14.6 Å². The van der Waals surface area contributed by atoms with E-state index in [9.17, 15) is 0 Å². The van der Waals surface area contributed by atoms with Crippen LogP contribution in [0.4, 0.5) is 0 Å². The fourth-order valence-corrected chi connectivity index (χ4v) is 2.75. The highest BCUT2D eigenvalue weighted by Crippen LogP contribution is 2.15. The van der Waals surface area contributed by atoms with Crippen LogP contribution in [-0.4, -0.2) is 42.6 Å². The van der Waals surface area contributed by atoms with Gasteiger partial charge in [0.15, 0.2) is 12.0 Å². The molecule has 1 aromatic carbocycles. The van der Waals surface area contributed by atoms with Crippen LogP contribution in [0.3, 0.4) is 0 Å². The van der Waals surface area contributed by atoms with Gasteiger partial charge in [-0.15, -0.1) is 0 Å². The molecular formula is C15H21N3O. The highest BCUT2D eigenvalue weighted by molar-refractivity contribution is 5.72. The molecule has 1 aromatic heterocycles. The van der Waals surface area contributed by atoms with Gasteiger partial charge >= 0.3 is 0 Å². The number of fused-ring (bicyclic) bond motifs is 1. The third kappa shape index (κ3) is 2.96. The van der Waals surface area contributed by atoms with Gasteiger partial charge in [0.25, 0.3) is 0 Å². The Bertz CT molecular complexity index is 531. The van der Waals surface area contributed by atoms with Gasteiger partial charge in [-0.05, 0) is 50.6 Å². The van der Waals surface area contributed by atoms with Gasteiger partial charge in [0, 0.05) is 19.1 Å². The first-order chi connectivity index (χ1) is 9.33. The zero-order chi connectivity index (χ0) is 13.1. The summed E-state index contributed by atoms with van der Waals surface area (Å²) < 4.78 is 5.35. The van der Waals surface area contributed by atoms with Crippen molar-refractivity contribution in [1.29, 1.82) is 0 Å². The first kappa shape index (κ1) is 12.6. The third-order valence-electron chi connectivity index (χ3n) is 4.04. The second-order valence-corrected chi connectivity index (χ2v) is 5.39. The van der Waals surface area contributed by atoms with Gasteiger partial charge in [-0.3, -0.25) is 0 Å². The minimum absolute atomic E-state index is 0.683. The Morgan fingerprint density at radius 3 is 3.26 bits per heavy atom. The smallest absolute Gasteiger partial charge is 0.181 e. The molecule has 3 rings (SSSR count). The van der Waals surface area contributed by atoms with E-state index in [1.54, 1.807) is 0 Å². The largest absolute Gasteiger partial charge is 0.443 e. The van der Waals surface area contributed by atoms with E-state index in [0.717, 1.165) is 30.6 Å². The number of hydrogen-bond donors (Lipinski definition) is 1. The number of aromatic nitrogens is 1. The molecule has 4 heteroatoms. The van der Waals surface area contributed by atoms with E-state index in [2.05, 4.69) is 34.4 Å². The molecule has 2 heterocycles. The van der Waals surface area contributed by atoms with E-state index < -0.39 is 0 Å². The van der Waals surface area contributed by atoms with E-state index in [-0.39, 0.29) is 0 Å². The number of benzene rings is 1. The van der Waals surface area contributed by atoms with Crippen LogP contribution in [0.15, 0.2) is 29.0 Å². The zero-order valence-electron chi connectivity index (χ0n) is 11.4. The first-order valence-corrected chi connectivity index (χ1v) is 7.06. The molecule has 19 heavy (non-hydrogen) atoms. The Hall–Kier alpha value is -1.39. The molecule has 1 aliphatic heterocycles. The summed E-state index contributed by atoms with van der Waals surface area (Å²) in [6, 6.07) is 6.98. The minimum atomic E-state index is 0.683. The molecule has 0 bridgehead atoms. The number of piperidine rings is 1. The second-order valence-electron chi connectivity index (χ2n) is 5.39. The van der Waals surface area contributed by atoms with Crippen molar-refractivity contribution in [3.05, 3.63) is 30.2 Å². The second kappa shape index (κ2) is 5.72. The number of likely N-dealkylation sites (N-methyl/N-ethyl adjacent to an activating group) is 1. The van der Waals surface area contributed by atoms with Crippen LogP contribution >= 0.6 is 0 Å². The summed E-state index contributed by atoms with van der Waals surface area (Å²) in [5.41, 5.74) is 3.15. The molecule has 0 aliphatic carbocycles. The quantitative estimate of drug-likeness (QED) is 0.912. The molecule has 1 unspecified atom stereocenters. The number of hydrogen-bond acceptors (Lipinski definition) is 4. The molecule has 102 valence electrons. The standard InChI is InChI=1S/C15H21N3O/c1-18(13-3-2-7-16-10-13)8-6-12-4-5-14-15(9-12)19-11-17-14/h4-5,9,11,13,16H,2-3,6-8,10H2,1H3. The SMILES string of the molecule is CN(CCc1ccc2ncoc2c1)C1CCCNC1. The highest BCUT2D eigenvalue weighted by atomic mass is 16.3. The Labute approximate surface area is 113 Å². The van der Waals surface area contributed by atoms with Gasteiger partial charge in [0.05, 0.1) is 0 Å². The Kier molecular flexibility index (Phi) is 3.80. The first-order valence-electron chi connectivity index (χ1n) is 7.06. The van der Waals surface area contributed by atoms with Crippen molar-refractivity contribution in [2.24, 2.45) is 0 Å². The maximum Gasteiger partial charge on any atom is 0.181 e. The van der Waals surface area contributed by atoms with E-state index in [1.807, 2.05) is 6.07 Å². The lowest BCUT2D eigenvalue weighted by Crippen LogP contribution is -2.44. The van der Waals surface area contributed by atoms with E-state index in [4.69, 9.17) is 4.42 Å². The molecule has 1 aliphatic rings. The zero-order valence-corrected chi connectivity index (χ0v) is 11.4. The minimum Gasteiger partial charge on any atom is -0.443 e. The summed E-state index contributed by atoms with van der Waals surface area (Å²) in [7, 11) is 2.23. The van der Waals surface area contributed by atoms with Crippen molar-refractivity contribution in [2.45, 2.75) is 25.3 Å². The van der Waals surface area contributed by atoms with Crippen LogP contribution in [0, 0.1) is 0 Å². The lowest BCUT2D eigenvalue weighted by atomic mass is 10.1. The van der Waals surface area contributed by atoms with E-state index in [1.165, 1.54) is 31.3 Å². The van der Waals surface area contributed by atoms with Crippen molar-refractivity contribution >= 4 is 11.1 Å². The van der Waals surface area contributed by atoms with Crippen molar-refractivity contribution in [1.82, 2.24) is 15.2 Å². The summed E-state index contributed by atoms with van der Waals surface area (Å²) in [6.07, 6.45) is 5.17. The van der Waals surface area contributed by atoms with Crippen LogP contribution in [0.5, 0.6) is 0 Å². The predicted molar refractivity (Wildman–Crippen MR) is 76.2 cm³/mol. The monoisotopic (exact) mass is 259 g/mol. The molecule has 0 radical (unpaired) electrons. The van der Waals surface area contributed by atoms with Gasteiger partial charge in [0.1, 0.15) is 5.52 Å². The number of nitrogens with one attached hydrogen (secondary N) is 1. The topological polar surface area (TPSA) is 41.3 Å². The average Bonchev–Trinajstić information content (AvgIpc) is 2.93. The maximum absolute atomic E-state index is 5.35. The van der Waals surface area contributed by atoms with Crippen molar-refractivity contribution in [3.8, 4) is 0 Å². The van der Waals surface area contributed by atoms with Gasteiger partial charge in [0.2, 0.25) is 0 Å². The van der Waals surface area contributed by atoms with Gasteiger partial charge in [-0.2, -0.15) is 0 Å². The third-order valence-corrected chi connectivity index (χ3v) is 4.04. The molecule has 0 saturated carbocycles. The van der Waals surface area contributed by atoms with Crippen molar-refractivity contribution < 1.29 is 4.42 Å². The van der Waals surface area contributed by atoms with Gasteiger partial charge in [-0.25, -0.2) is 4.98 Å². The molecule has 1 fully saturated rings. The fraction of sp³-hybridized carbons (Fsp3) is 0.533. The lowest BCUT2D eigenvalue weighted by Gasteiger charge is -2.31. The van der Waals surface area contributed by atoms with Crippen LogP contribution in [0.25, 0.3) is 11.1 Å². The number of rotatable bonds is 4. The molecule has 2 aromatic rings. The molecular weight excluding hydrogens is 238 g/mol. The summed E-state index contributed by atoms with van der Waals surface area (Å²) in [6.45, 7) is 3.39. The Balaban J connectivity index is 1.58. The highest BCUT2D eigenvalue weighted by Gasteiger charge is 2.17. The lowest BCUT2D eigenvalue weighted by molar-refractivity contribution is 0.205. The molecule has 1 N–H and O–H groups in total. The molecule has 0 spiro atoms. The summed E-state index contributed by atoms with van der Waals surface area (Å²) in [4.78, 5) is 6.61. The summed E-state index contributed by atoms with van der Waals surface area (Å²) in [5.74, 6) is 0. The average molecular weight is 259 g/mol. The van der Waals surface area contributed by atoms with E-state index in [0.29, 0.717) is 6.04 Å². The molecule has 0 amide bonds. The maximum atomic E-state index is 5.35. The van der Waals surface area contributed by atoms with Crippen LogP contribution < -0.4 is 5.32 Å². The van der Waals surface area contributed by atoms with Crippen molar-refractivity contribution in [3.63, 3.8) is 0 Å². The van der Waals surface area contributed by atoms with Crippen LogP contribution in [-0.2, 0) is 6.42 Å². The fourth-order valence-electron chi connectivity index (χ4n) is 2.75.